The lowest BCUT2D eigenvalue weighted by Crippen LogP contribution is -2.27. The summed E-state index contributed by atoms with van der Waals surface area (Å²) in [5, 5.41) is 35.0. The number of ether oxygens (including phenoxy) is 1. The Morgan fingerprint density at radius 1 is 1.28 bits per heavy atom. The molecule has 1 aliphatic carbocycles. The molecule has 168 valence electrons. The fraction of sp³-hybridized carbons (Fsp3) is 0.455. The van der Waals surface area contributed by atoms with Crippen molar-refractivity contribution in [2.75, 3.05) is 18.5 Å². The molecule has 0 radical (unpaired) electrons. The van der Waals surface area contributed by atoms with Crippen LogP contribution in [0.2, 0.25) is 0 Å². The van der Waals surface area contributed by atoms with Crippen molar-refractivity contribution in [2.45, 2.75) is 44.2 Å². The normalized spacial score (nSPS) is 19.4. The fourth-order valence-corrected chi connectivity index (χ4v) is 3.91. The Hall–Kier alpha value is -3.29. The Morgan fingerprint density at radius 3 is 2.84 bits per heavy atom. The Bertz CT molecular complexity index is 1110. The second kappa shape index (κ2) is 9.89. The van der Waals surface area contributed by atoms with E-state index < -0.39 is 18.5 Å². The topological polar surface area (TPSA) is 129 Å². The first kappa shape index (κ1) is 21.9. The number of halogens is 1. The number of aromatic nitrogens is 4. The fourth-order valence-electron chi connectivity index (χ4n) is 3.91. The molecule has 10 heteroatoms. The van der Waals surface area contributed by atoms with Crippen LogP contribution in [0.4, 0.5) is 10.2 Å². The van der Waals surface area contributed by atoms with Crippen LogP contribution in [-0.2, 0) is 0 Å². The second-order valence-corrected chi connectivity index (χ2v) is 7.98. The molecular weight excluding hydrogens is 415 g/mol. The Balaban J connectivity index is 1.64. The molecule has 0 bridgehead atoms. The van der Waals surface area contributed by atoms with E-state index in [0.717, 1.165) is 31.2 Å². The number of hydrogen-bond acceptors (Lipinski definition) is 8. The first-order valence-electron chi connectivity index (χ1n) is 10.6. The van der Waals surface area contributed by atoms with Gasteiger partial charge in [-0.2, -0.15) is 19.7 Å². The van der Waals surface area contributed by atoms with Gasteiger partial charge in [-0.05, 0) is 43.7 Å². The number of nitriles is 1. The maximum absolute atomic E-state index is 15.2. The zero-order chi connectivity index (χ0) is 22.5. The van der Waals surface area contributed by atoms with Gasteiger partial charge in [-0.25, -0.2) is 9.50 Å². The van der Waals surface area contributed by atoms with Crippen molar-refractivity contribution in [3.63, 3.8) is 0 Å². The van der Waals surface area contributed by atoms with Crippen molar-refractivity contribution in [1.82, 2.24) is 19.6 Å². The van der Waals surface area contributed by atoms with Gasteiger partial charge in [-0.15, -0.1) is 0 Å². The molecule has 1 fully saturated rings. The van der Waals surface area contributed by atoms with Gasteiger partial charge in [0.25, 0.3) is 5.88 Å². The molecule has 9 nitrogen and oxygen atoms in total. The summed E-state index contributed by atoms with van der Waals surface area (Å²) in [6.45, 7) is -0.817. The lowest BCUT2D eigenvalue weighted by Gasteiger charge is -2.28. The number of aliphatic hydroxyl groups excluding tert-OH is 2. The molecule has 3 N–H and O–H groups in total. The number of nitrogens with zero attached hydrogens (tertiary/aromatic N) is 5. The maximum atomic E-state index is 15.2. The van der Waals surface area contributed by atoms with Crippen LogP contribution in [-0.4, -0.2) is 55.2 Å². The van der Waals surface area contributed by atoms with Crippen LogP contribution < -0.4 is 10.1 Å². The quantitative estimate of drug-likeness (QED) is 0.487. The summed E-state index contributed by atoms with van der Waals surface area (Å²) in [4.78, 5) is 8.66. The van der Waals surface area contributed by atoms with E-state index in [1.807, 2.05) is 18.2 Å². The van der Waals surface area contributed by atoms with Gasteiger partial charge in [-0.1, -0.05) is 6.07 Å². The molecule has 0 saturated heterocycles. The van der Waals surface area contributed by atoms with Crippen LogP contribution in [0.25, 0.3) is 16.9 Å². The minimum Gasteiger partial charge on any atom is -0.473 e. The van der Waals surface area contributed by atoms with Gasteiger partial charge in [0.2, 0.25) is 5.82 Å². The van der Waals surface area contributed by atoms with Crippen molar-refractivity contribution in [2.24, 2.45) is 5.92 Å². The molecule has 3 heterocycles. The van der Waals surface area contributed by atoms with Gasteiger partial charge in [0.1, 0.15) is 12.7 Å². The summed E-state index contributed by atoms with van der Waals surface area (Å²) >= 11 is 0. The lowest BCUT2D eigenvalue weighted by molar-refractivity contribution is 0.0507. The first-order chi connectivity index (χ1) is 15.6. The molecule has 1 unspecified atom stereocenters. The van der Waals surface area contributed by atoms with Gasteiger partial charge in [0.15, 0.2) is 11.6 Å². The summed E-state index contributed by atoms with van der Waals surface area (Å²) < 4.78 is 22.2. The standard InChI is InChI=1S/C22H25FN6O3/c23-19-21(26-15-6-4-14(5-7-15)8-9-24)27-20(28-22(19)32-13-16(31)12-30)17-11-25-29-10-2-1-3-18(17)29/h1-3,10-11,14-16,30-31H,4-8,12-13H2,(H,26,27,28). The van der Waals surface area contributed by atoms with E-state index in [9.17, 15) is 5.11 Å². The van der Waals surface area contributed by atoms with Gasteiger partial charge in [-0.3, -0.25) is 0 Å². The minimum absolute atomic E-state index is 0.0157. The van der Waals surface area contributed by atoms with E-state index in [1.54, 1.807) is 16.9 Å². The van der Waals surface area contributed by atoms with E-state index in [0.29, 0.717) is 17.9 Å². The number of anilines is 1. The van der Waals surface area contributed by atoms with Crippen LogP contribution >= 0.6 is 0 Å². The zero-order valence-electron chi connectivity index (χ0n) is 17.5. The third kappa shape index (κ3) is 4.79. The summed E-state index contributed by atoms with van der Waals surface area (Å²) in [6, 6.07) is 7.79. The molecule has 0 aliphatic heterocycles. The molecule has 3 aromatic heterocycles. The van der Waals surface area contributed by atoms with E-state index in [2.05, 4.69) is 26.5 Å². The molecule has 1 aliphatic rings. The van der Waals surface area contributed by atoms with Crippen molar-refractivity contribution in [3.05, 3.63) is 36.4 Å². The number of rotatable bonds is 8. The predicted octanol–water partition coefficient (Wildman–Crippen LogP) is 2.55. The molecule has 0 spiro atoms. The summed E-state index contributed by atoms with van der Waals surface area (Å²) in [5.41, 5.74) is 1.36. The second-order valence-electron chi connectivity index (χ2n) is 7.98. The molecule has 4 rings (SSSR count). The third-order valence-electron chi connectivity index (χ3n) is 5.68. The number of nitrogens with one attached hydrogen (secondary N) is 1. The maximum Gasteiger partial charge on any atom is 0.256 e. The van der Waals surface area contributed by atoms with E-state index in [-0.39, 0.29) is 30.2 Å². The Labute approximate surface area is 184 Å². The molecule has 0 aromatic carbocycles. The van der Waals surface area contributed by atoms with Crippen LogP contribution in [0, 0.1) is 23.1 Å². The Morgan fingerprint density at radius 2 is 2.09 bits per heavy atom. The highest BCUT2D eigenvalue weighted by Gasteiger charge is 2.25. The zero-order valence-corrected chi connectivity index (χ0v) is 17.5. The van der Waals surface area contributed by atoms with Crippen LogP contribution in [0.1, 0.15) is 32.1 Å². The summed E-state index contributed by atoms with van der Waals surface area (Å²) in [7, 11) is 0. The van der Waals surface area contributed by atoms with E-state index in [4.69, 9.17) is 15.1 Å². The number of pyridine rings is 1. The number of fused-ring (bicyclic) bond motifs is 1. The highest BCUT2D eigenvalue weighted by molar-refractivity contribution is 5.76. The highest BCUT2D eigenvalue weighted by Crippen LogP contribution is 2.32. The largest absolute Gasteiger partial charge is 0.473 e. The van der Waals surface area contributed by atoms with Gasteiger partial charge < -0.3 is 20.3 Å². The van der Waals surface area contributed by atoms with Gasteiger partial charge in [0, 0.05) is 18.7 Å². The third-order valence-corrected chi connectivity index (χ3v) is 5.68. The van der Waals surface area contributed by atoms with E-state index in [1.165, 1.54) is 0 Å². The average molecular weight is 440 g/mol. The lowest BCUT2D eigenvalue weighted by atomic mass is 9.84. The summed E-state index contributed by atoms with van der Waals surface area (Å²) in [6.07, 6.45) is 6.18. The van der Waals surface area contributed by atoms with Crippen LogP contribution in [0.3, 0.4) is 0 Å². The molecule has 3 aromatic rings. The van der Waals surface area contributed by atoms with Crippen LogP contribution in [0.15, 0.2) is 30.6 Å². The number of aliphatic hydroxyl groups is 2. The van der Waals surface area contributed by atoms with Crippen molar-refractivity contribution < 1.29 is 19.3 Å². The molecule has 1 atom stereocenters. The predicted molar refractivity (Wildman–Crippen MR) is 114 cm³/mol. The SMILES string of the molecule is N#CCC1CCC(Nc2nc(-c3cnn4ccccc34)nc(OCC(O)CO)c2F)CC1. The molecule has 0 amide bonds. The van der Waals surface area contributed by atoms with Crippen molar-refractivity contribution in [3.8, 4) is 23.3 Å². The minimum atomic E-state index is -1.16. The van der Waals surface area contributed by atoms with Crippen molar-refractivity contribution >= 4 is 11.3 Å². The molecule has 32 heavy (non-hydrogen) atoms. The van der Waals surface area contributed by atoms with Gasteiger partial charge in [0.05, 0.1) is 30.0 Å². The monoisotopic (exact) mass is 440 g/mol. The Kier molecular flexibility index (Phi) is 6.78. The summed E-state index contributed by atoms with van der Waals surface area (Å²) in [5.74, 6) is -0.432. The smallest absolute Gasteiger partial charge is 0.256 e. The number of hydrogen-bond donors (Lipinski definition) is 3. The van der Waals surface area contributed by atoms with E-state index >= 15 is 4.39 Å². The van der Waals surface area contributed by atoms with Crippen LogP contribution in [0.5, 0.6) is 5.88 Å². The highest BCUT2D eigenvalue weighted by atomic mass is 19.1. The first-order valence-corrected chi connectivity index (χ1v) is 10.6. The average Bonchev–Trinajstić information content (AvgIpc) is 3.25. The van der Waals surface area contributed by atoms with Crippen molar-refractivity contribution in [1.29, 1.82) is 5.26 Å². The van der Waals surface area contributed by atoms with Gasteiger partial charge >= 0.3 is 0 Å². The molecule has 1 saturated carbocycles. The molecular formula is C22H25FN6O3.